The molecule has 0 aliphatic carbocycles. The summed E-state index contributed by atoms with van der Waals surface area (Å²) in [5.74, 6) is -0.280. The fourth-order valence-electron chi connectivity index (χ4n) is 2.69. The molecule has 0 bridgehead atoms. The molecule has 26 heavy (non-hydrogen) atoms. The van der Waals surface area contributed by atoms with E-state index in [0.29, 0.717) is 38.6 Å². The SMILES string of the molecule is Cc1nn(Cc2c(Cl)cccc2Cl)c(C)c1NC(=O)c1ccccc1Cl. The number of anilines is 1. The number of aromatic nitrogens is 2. The summed E-state index contributed by atoms with van der Waals surface area (Å²) in [7, 11) is 0. The summed E-state index contributed by atoms with van der Waals surface area (Å²) in [6.45, 7) is 4.13. The Labute approximate surface area is 166 Å². The standard InChI is InChI=1S/C19H16Cl3N3O/c1-11-18(23-19(26)13-6-3-4-7-15(13)20)12(2)25(24-11)10-14-16(21)8-5-9-17(14)22/h3-9H,10H2,1-2H3,(H,23,26). The first-order valence-electron chi connectivity index (χ1n) is 7.91. The Morgan fingerprint density at radius 2 is 1.62 bits per heavy atom. The van der Waals surface area contributed by atoms with Crippen LogP contribution in [-0.4, -0.2) is 15.7 Å². The van der Waals surface area contributed by atoms with Crippen LogP contribution < -0.4 is 5.32 Å². The minimum absolute atomic E-state index is 0.280. The van der Waals surface area contributed by atoms with Crippen LogP contribution in [0.2, 0.25) is 15.1 Å². The molecule has 1 heterocycles. The third-order valence-electron chi connectivity index (χ3n) is 4.11. The predicted octanol–water partition coefficient (Wildman–Crippen LogP) is 5.76. The topological polar surface area (TPSA) is 46.9 Å². The number of carbonyl (C=O) groups is 1. The van der Waals surface area contributed by atoms with Gasteiger partial charge in [-0.1, -0.05) is 53.0 Å². The van der Waals surface area contributed by atoms with Gasteiger partial charge < -0.3 is 5.32 Å². The molecule has 4 nitrogen and oxygen atoms in total. The van der Waals surface area contributed by atoms with Gasteiger partial charge in [-0.05, 0) is 38.1 Å². The van der Waals surface area contributed by atoms with Gasteiger partial charge in [0.05, 0.1) is 34.2 Å². The van der Waals surface area contributed by atoms with Crippen LogP contribution in [0.1, 0.15) is 27.3 Å². The summed E-state index contributed by atoms with van der Waals surface area (Å²) in [6.07, 6.45) is 0. The maximum absolute atomic E-state index is 12.5. The van der Waals surface area contributed by atoms with Crippen molar-refractivity contribution in [1.29, 1.82) is 0 Å². The molecular formula is C19H16Cl3N3O. The van der Waals surface area contributed by atoms with Gasteiger partial charge in [-0.15, -0.1) is 0 Å². The van der Waals surface area contributed by atoms with Gasteiger partial charge in [0.15, 0.2) is 0 Å². The van der Waals surface area contributed by atoms with Crippen molar-refractivity contribution in [2.24, 2.45) is 0 Å². The van der Waals surface area contributed by atoms with Crippen LogP contribution in [0.3, 0.4) is 0 Å². The first-order chi connectivity index (χ1) is 12.4. The number of halogens is 3. The van der Waals surface area contributed by atoms with Crippen molar-refractivity contribution >= 4 is 46.4 Å². The lowest BCUT2D eigenvalue weighted by Gasteiger charge is -2.10. The number of aryl methyl sites for hydroxylation is 1. The quantitative estimate of drug-likeness (QED) is 0.596. The number of hydrogen-bond acceptors (Lipinski definition) is 2. The van der Waals surface area contributed by atoms with Crippen molar-refractivity contribution in [3.63, 3.8) is 0 Å². The van der Waals surface area contributed by atoms with E-state index in [1.54, 1.807) is 47.1 Å². The maximum Gasteiger partial charge on any atom is 0.257 e. The third-order valence-corrected chi connectivity index (χ3v) is 5.15. The Morgan fingerprint density at radius 3 is 2.27 bits per heavy atom. The first-order valence-corrected chi connectivity index (χ1v) is 9.04. The Kier molecular flexibility index (Phi) is 5.56. The molecule has 0 saturated heterocycles. The Balaban J connectivity index is 1.89. The Hall–Kier alpha value is -2.01. The van der Waals surface area contributed by atoms with E-state index in [-0.39, 0.29) is 5.91 Å². The molecule has 0 saturated carbocycles. The van der Waals surface area contributed by atoms with Crippen molar-refractivity contribution in [1.82, 2.24) is 9.78 Å². The highest BCUT2D eigenvalue weighted by atomic mass is 35.5. The summed E-state index contributed by atoms with van der Waals surface area (Å²) in [5, 5.41) is 8.96. The summed E-state index contributed by atoms with van der Waals surface area (Å²) < 4.78 is 1.77. The van der Waals surface area contributed by atoms with Crippen LogP contribution in [0.5, 0.6) is 0 Å². The molecule has 0 fully saturated rings. The van der Waals surface area contributed by atoms with Gasteiger partial charge in [-0.3, -0.25) is 9.48 Å². The van der Waals surface area contributed by atoms with E-state index >= 15 is 0 Å². The zero-order valence-electron chi connectivity index (χ0n) is 14.2. The van der Waals surface area contributed by atoms with Gasteiger partial charge in [0.1, 0.15) is 0 Å². The van der Waals surface area contributed by atoms with Gasteiger partial charge in [-0.2, -0.15) is 5.10 Å². The van der Waals surface area contributed by atoms with Gasteiger partial charge in [0.2, 0.25) is 0 Å². The van der Waals surface area contributed by atoms with Crippen molar-refractivity contribution in [2.75, 3.05) is 5.32 Å². The monoisotopic (exact) mass is 407 g/mol. The first kappa shape index (κ1) is 18.8. The summed E-state index contributed by atoms with van der Waals surface area (Å²) in [6, 6.07) is 12.3. The predicted molar refractivity (Wildman–Crippen MR) is 107 cm³/mol. The highest BCUT2D eigenvalue weighted by Crippen LogP contribution is 2.28. The zero-order valence-corrected chi connectivity index (χ0v) is 16.5. The molecule has 0 unspecified atom stereocenters. The highest BCUT2D eigenvalue weighted by Gasteiger charge is 2.18. The lowest BCUT2D eigenvalue weighted by Crippen LogP contribution is -2.14. The molecule has 2 aromatic carbocycles. The summed E-state index contributed by atoms with van der Waals surface area (Å²) in [4.78, 5) is 12.5. The lowest BCUT2D eigenvalue weighted by atomic mass is 10.2. The highest BCUT2D eigenvalue weighted by molar-refractivity contribution is 6.36. The van der Waals surface area contributed by atoms with Crippen LogP contribution in [-0.2, 0) is 6.54 Å². The van der Waals surface area contributed by atoms with E-state index in [2.05, 4.69) is 10.4 Å². The van der Waals surface area contributed by atoms with E-state index in [1.807, 2.05) is 13.8 Å². The summed E-state index contributed by atoms with van der Waals surface area (Å²) in [5.41, 5.74) is 3.35. The Bertz CT molecular complexity index is 962. The molecule has 3 aromatic rings. The van der Waals surface area contributed by atoms with Crippen molar-refractivity contribution in [3.05, 3.63) is 80.0 Å². The van der Waals surface area contributed by atoms with Gasteiger partial charge in [0.25, 0.3) is 5.91 Å². The molecule has 0 radical (unpaired) electrons. The molecule has 3 rings (SSSR count). The molecule has 1 amide bonds. The molecule has 0 spiro atoms. The second-order valence-electron chi connectivity index (χ2n) is 5.84. The minimum Gasteiger partial charge on any atom is -0.319 e. The number of carbonyl (C=O) groups excluding carboxylic acids is 1. The number of amides is 1. The van der Waals surface area contributed by atoms with Gasteiger partial charge in [0, 0.05) is 15.6 Å². The van der Waals surface area contributed by atoms with E-state index in [9.17, 15) is 4.79 Å². The van der Waals surface area contributed by atoms with Gasteiger partial charge in [-0.25, -0.2) is 0 Å². The Morgan fingerprint density at radius 1 is 1.00 bits per heavy atom. The van der Waals surface area contributed by atoms with Crippen molar-refractivity contribution in [2.45, 2.75) is 20.4 Å². The van der Waals surface area contributed by atoms with Crippen LogP contribution >= 0.6 is 34.8 Å². The smallest absolute Gasteiger partial charge is 0.257 e. The fourth-order valence-corrected chi connectivity index (χ4v) is 3.43. The molecule has 0 atom stereocenters. The summed E-state index contributed by atoms with van der Waals surface area (Å²) >= 11 is 18.6. The number of hydrogen-bond donors (Lipinski definition) is 1. The maximum atomic E-state index is 12.5. The van der Waals surface area contributed by atoms with Crippen molar-refractivity contribution < 1.29 is 4.79 Å². The van der Waals surface area contributed by atoms with Crippen LogP contribution in [0.25, 0.3) is 0 Å². The van der Waals surface area contributed by atoms with Crippen molar-refractivity contribution in [3.8, 4) is 0 Å². The van der Waals surface area contributed by atoms with E-state index < -0.39 is 0 Å². The molecule has 1 N–H and O–H groups in total. The van der Waals surface area contributed by atoms with Crippen LogP contribution in [0.4, 0.5) is 5.69 Å². The zero-order chi connectivity index (χ0) is 18.8. The average molecular weight is 409 g/mol. The van der Waals surface area contributed by atoms with E-state index in [0.717, 1.165) is 11.3 Å². The second kappa shape index (κ2) is 7.70. The second-order valence-corrected chi connectivity index (χ2v) is 7.06. The number of nitrogens with zero attached hydrogens (tertiary/aromatic N) is 2. The largest absolute Gasteiger partial charge is 0.319 e. The third kappa shape index (κ3) is 3.73. The molecule has 7 heteroatoms. The number of rotatable bonds is 4. The average Bonchev–Trinajstić information content (AvgIpc) is 2.86. The number of benzene rings is 2. The molecule has 134 valence electrons. The van der Waals surface area contributed by atoms with Gasteiger partial charge >= 0.3 is 0 Å². The molecule has 1 aromatic heterocycles. The van der Waals surface area contributed by atoms with Crippen LogP contribution in [0.15, 0.2) is 42.5 Å². The lowest BCUT2D eigenvalue weighted by molar-refractivity contribution is 0.102. The normalized spacial score (nSPS) is 10.8. The molecule has 0 aliphatic heterocycles. The molecule has 0 aliphatic rings. The molecular weight excluding hydrogens is 393 g/mol. The van der Waals surface area contributed by atoms with Crippen LogP contribution in [0, 0.1) is 13.8 Å². The van der Waals surface area contributed by atoms with E-state index in [1.165, 1.54) is 0 Å². The van der Waals surface area contributed by atoms with E-state index in [4.69, 9.17) is 34.8 Å². The number of nitrogens with one attached hydrogen (secondary N) is 1. The fraction of sp³-hybridized carbons (Fsp3) is 0.158. The minimum atomic E-state index is -0.280.